The van der Waals surface area contributed by atoms with Crippen molar-refractivity contribution in [1.29, 1.82) is 0 Å². The van der Waals surface area contributed by atoms with Gasteiger partial charge in [-0.15, -0.1) is 0 Å². The number of nitrogens with one attached hydrogen (secondary N) is 1. The molecule has 0 heterocycles. The fraction of sp³-hybridized carbons (Fsp3) is 0.381. The predicted molar refractivity (Wildman–Crippen MR) is 115 cm³/mol. The molecule has 0 spiro atoms. The number of amides is 1. The van der Waals surface area contributed by atoms with Crippen LogP contribution in [0.1, 0.15) is 38.8 Å². The van der Waals surface area contributed by atoms with Gasteiger partial charge in [-0.25, -0.2) is 8.42 Å². The van der Waals surface area contributed by atoms with E-state index < -0.39 is 16.1 Å². The molecule has 28 heavy (non-hydrogen) atoms. The Kier molecular flexibility index (Phi) is 7.49. The van der Waals surface area contributed by atoms with E-state index in [4.69, 9.17) is 11.6 Å². The fourth-order valence-electron chi connectivity index (χ4n) is 3.12. The number of anilines is 1. The lowest BCUT2D eigenvalue weighted by atomic mass is 9.96. The topological polar surface area (TPSA) is 66.5 Å². The van der Waals surface area contributed by atoms with Crippen LogP contribution in [0.5, 0.6) is 0 Å². The smallest absolute Gasteiger partial charge is 0.244 e. The summed E-state index contributed by atoms with van der Waals surface area (Å²) in [7, 11) is -3.67. The van der Waals surface area contributed by atoms with Gasteiger partial charge in [-0.3, -0.25) is 9.10 Å². The molecular weight excluding hydrogens is 396 g/mol. The number of carbonyl (C=O) groups is 1. The lowest BCUT2D eigenvalue weighted by Crippen LogP contribution is -2.48. The number of nitrogens with zero attached hydrogens (tertiary/aromatic N) is 1. The van der Waals surface area contributed by atoms with E-state index in [1.807, 2.05) is 30.3 Å². The Morgan fingerprint density at radius 3 is 2.11 bits per heavy atom. The zero-order valence-corrected chi connectivity index (χ0v) is 18.2. The quantitative estimate of drug-likeness (QED) is 0.685. The Labute approximate surface area is 172 Å². The highest BCUT2D eigenvalue weighted by atomic mass is 35.5. The van der Waals surface area contributed by atoms with E-state index >= 15 is 0 Å². The maximum Gasteiger partial charge on any atom is 0.244 e. The van der Waals surface area contributed by atoms with Crippen LogP contribution in [0.15, 0.2) is 54.6 Å². The van der Waals surface area contributed by atoms with E-state index in [9.17, 15) is 13.2 Å². The first-order valence-corrected chi connectivity index (χ1v) is 11.4. The van der Waals surface area contributed by atoms with Gasteiger partial charge in [-0.05, 0) is 49.1 Å². The average Bonchev–Trinajstić information content (AvgIpc) is 2.62. The summed E-state index contributed by atoms with van der Waals surface area (Å²) in [5.74, 6) is 0.0120. The van der Waals surface area contributed by atoms with Crippen molar-refractivity contribution in [3.63, 3.8) is 0 Å². The van der Waals surface area contributed by atoms with E-state index in [1.165, 1.54) is 0 Å². The minimum absolute atomic E-state index is 0.192. The van der Waals surface area contributed by atoms with Gasteiger partial charge in [0, 0.05) is 5.02 Å². The molecule has 2 rings (SSSR count). The predicted octanol–water partition coefficient (Wildman–Crippen LogP) is 4.40. The Balaban J connectivity index is 2.29. The van der Waals surface area contributed by atoms with Crippen LogP contribution in [0.2, 0.25) is 5.02 Å². The molecule has 7 heteroatoms. The summed E-state index contributed by atoms with van der Waals surface area (Å²) in [4.78, 5) is 13.0. The van der Waals surface area contributed by atoms with Crippen molar-refractivity contribution in [2.24, 2.45) is 5.92 Å². The highest BCUT2D eigenvalue weighted by Gasteiger charge is 2.30. The summed E-state index contributed by atoms with van der Waals surface area (Å²) in [6, 6.07) is 15.0. The van der Waals surface area contributed by atoms with Gasteiger partial charge in [-0.1, -0.05) is 55.8 Å². The number of hydrogen-bond acceptors (Lipinski definition) is 3. The van der Waals surface area contributed by atoms with E-state index in [-0.39, 0.29) is 11.9 Å². The van der Waals surface area contributed by atoms with Gasteiger partial charge in [0.15, 0.2) is 0 Å². The normalized spacial score (nSPS) is 13.8. The second kappa shape index (κ2) is 9.43. The maximum atomic E-state index is 13.0. The highest BCUT2D eigenvalue weighted by molar-refractivity contribution is 7.92. The van der Waals surface area contributed by atoms with Gasteiger partial charge in [0.2, 0.25) is 15.9 Å². The van der Waals surface area contributed by atoms with Gasteiger partial charge in [0.1, 0.15) is 6.04 Å². The van der Waals surface area contributed by atoms with E-state index in [0.29, 0.717) is 16.6 Å². The molecule has 0 bridgehead atoms. The van der Waals surface area contributed by atoms with E-state index in [2.05, 4.69) is 19.2 Å². The number of halogens is 1. The van der Waals surface area contributed by atoms with Crippen LogP contribution in [0.4, 0.5) is 5.69 Å². The minimum Gasteiger partial charge on any atom is -0.347 e. The van der Waals surface area contributed by atoms with Crippen molar-refractivity contribution in [1.82, 2.24) is 5.32 Å². The van der Waals surface area contributed by atoms with Crippen LogP contribution in [0.25, 0.3) is 0 Å². The average molecular weight is 423 g/mol. The van der Waals surface area contributed by atoms with Crippen LogP contribution < -0.4 is 9.62 Å². The van der Waals surface area contributed by atoms with Crippen molar-refractivity contribution in [2.45, 2.75) is 39.3 Å². The molecule has 2 aromatic carbocycles. The molecule has 0 aliphatic heterocycles. The van der Waals surface area contributed by atoms with Gasteiger partial charge >= 0.3 is 0 Å². The number of hydrogen-bond donors (Lipinski definition) is 1. The monoisotopic (exact) mass is 422 g/mol. The first-order chi connectivity index (χ1) is 13.1. The van der Waals surface area contributed by atoms with Crippen molar-refractivity contribution in [3.05, 3.63) is 65.2 Å². The molecule has 0 aliphatic carbocycles. The largest absolute Gasteiger partial charge is 0.347 e. The molecule has 0 saturated heterocycles. The molecule has 2 aromatic rings. The van der Waals surface area contributed by atoms with Gasteiger partial charge in [0.05, 0.1) is 18.0 Å². The molecule has 2 atom stereocenters. The van der Waals surface area contributed by atoms with Crippen LogP contribution in [-0.2, 0) is 14.8 Å². The summed E-state index contributed by atoms with van der Waals surface area (Å²) < 4.78 is 25.9. The number of benzene rings is 2. The molecule has 1 N–H and O–H groups in total. The molecule has 0 saturated carbocycles. The second-order valence-electron chi connectivity index (χ2n) is 7.31. The molecule has 1 amide bonds. The van der Waals surface area contributed by atoms with Crippen LogP contribution in [0, 0.1) is 5.92 Å². The SMILES string of the molecule is CC(C)C[C@H](NC(=O)[C@@H](C)N(c1ccc(Cl)cc1)S(C)(=O)=O)c1ccccc1. The molecule has 0 aromatic heterocycles. The molecule has 0 radical (unpaired) electrons. The third-order valence-electron chi connectivity index (χ3n) is 4.40. The number of carbonyl (C=O) groups excluding carboxylic acids is 1. The summed E-state index contributed by atoms with van der Waals surface area (Å²) in [6.07, 6.45) is 1.84. The Hall–Kier alpha value is -2.05. The molecule has 5 nitrogen and oxygen atoms in total. The molecule has 152 valence electrons. The Morgan fingerprint density at radius 1 is 1.04 bits per heavy atom. The second-order valence-corrected chi connectivity index (χ2v) is 9.61. The zero-order chi connectivity index (χ0) is 20.9. The molecular formula is C21H27ClN2O3S. The minimum atomic E-state index is -3.67. The number of rotatable bonds is 8. The van der Waals surface area contributed by atoms with Gasteiger partial charge < -0.3 is 5.32 Å². The molecule has 0 aliphatic rings. The standard InChI is InChI=1S/C21H27ClN2O3S/c1-15(2)14-20(17-8-6-5-7-9-17)23-21(25)16(3)24(28(4,26)27)19-12-10-18(22)11-13-19/h5-13,15-16,20H,14H2,1-4H3,(H,23,25)/t16-,20+/m1/s1. The van der Waals surface area contributed by atoms with Gasteiger partial charge in [0.25, 0.3) is 0 Å². The first-order valence-electron chi connectivity index (χ1n) is 9.20. The highest BCUT2D eigenvalue weighted by Crippen LogP contribution is 2.25. The molecule has 0 fully saturated rings. The van der Waals surface area contributed by atoms with Crippen molar-refractivity contribution in [3.8, 4) is 0 Å². The zero-order valence-electron chi connectivity index (χ0n) is 16.6. The number of sulfonamides is 1. The molecule has 0 unspecified atom stereocenters. The lowest BCUT2D eigenvalue weighted by Gasteiger charge is -2.30. The fourth-order valence-corrected chi connectivity index (χ4v) is 4.43. The van der Waals surface area contributed by atoms with Crippen molar-refractivity contribution < 1.29 is 13.2 Å². The summed E-state index contributed by atoms with van der Waals surface area (Å²) >= 11 is 5.91. The summed E-state index contributed by atoms with van der Waals surface area (Å²) in [5.41, 5.74) is 1.39. The van der Waals surface area contributed by atoms with Crippen LogP contribution >= 0.6 is 11.6 Å². The Morgan fingerprint density at radius 2 is 1.61 bits per heavy atom. The van der Waals surface area contributed by atoms with E-state index in [1.54, 1.807) is 31.2 Å². The maximum absolute atomic E-state index is 13.0. The van der Waals surface area contributed by atoms with Crippen molar-refractivity contribution in [2.75, 3.05) is 10.6 Å². The first kappa shape index (κ1) is 22.2. The van der Waals surface area contributed by atoms with E-state index in [0.717, 1.165) is 22.5 Å². The van der Waals surface area contributed by atoms with Crippen LogP contribution in [-0.4, -0.2) is 26.6 Å². The van der Waals surface area contributed by atoms with Crippen LogP contribution in [0.3, 0.4) is 0 Å². The third-order valence-corrected chi connectivity index (χ3v) is 5.89. The van der Waals surface area contributed by atoms with Crippen molar-refractivity contribution >= 4 is 33.2 Å². The summed E-state index contributed by atoms with van der Waals surface area (Å²) in [6.45, 7) is 5.76. The Bertz CT molecular complexity index is 884. The summed E-state index contributed by atoms with van der Waals surface area (Å²) in [5, 5.41) is 3.52. The van der Waals surface area contributed by atoms with Gasteiger partial charge in [-0.2, -0.15) is 0 Å². The third kappa shape index (κ3) is 5.97. The lowest BCUT2D eigenvalue weighted by molar-refractivity contribution is -0.122.